The third-order valence-corrected chi connectivity index (χ3v) is 3.82. The molecular formula is C6H11ClOS2. The summed E-state index contributed by atoms with van der Waals surface area (Å²) in [6.45, 7) is 4.04. The van der Waals surface area contributed by atoms with Crippen molar-refractivity contribution in [2.75, 3.05) is 11.5 Å². The van der Waals surface area contributed by atoms with E-state index in [1.807, 2.05) is 13.8 Å². The Morgan fingerprint density at radius 2 is 1.80 bits per heavy atom. The average Bonchev–Trinajstić information content (AvgIpc) is 1.87. The van der Waals surface area contributed by atoms with Crippen LogP contribution in [0.3, 0.4) is 0 Å². The number of hydrogen-bond acceptors (Lipinski definition) is 3. The Balaban J connectivity index is 3.61. The maximum Gasteiger partial charge on any atom is 0.244 e. The standard InChI is InChI=1S/C6H11ClOS2/c1-3-9-6(5(7)8)10-4-2/h6H,3-4H2,1-2H3. The van der Waals surface area contributed by atoms with Gasteiger partial charge in [-0.3, -0.25) is 4.79 Å². The second-order valence-corrected chi connectivity index (χ2v) is 4.98. The van der Waals surface area contributed by atoms with Crippen LogP contribution >= 0.6 is 35.1 Å². The Morgan fingerprint density at radius 3 is 2.00 bits per heavy atom. The van der Waals surface area contributed by atoms with Gasteiger partial charge in [-0.15, -0.1) is 23.5 Å². The lowest BCUT2D eigenvalue weighted by Gasteiger charge is -2.07. The molecule has 0 saturated carbocycles. The van der Waals surface area contributed by atoms with Crippen molar-refractivity contribution in [3.63, 3.8) is 0 Å². The van der Waals surface area contributed by atoms with Crippen LogP contribution in [0, 0.1) is 0 Å². The third-order valence-electron chi connectivity index (χ3n) is 0.821. The van der Waals surface area contributed by atoms with E-state index in [2.05, 4.69) is 0 Å². The highest BCUT2D eigenvalue weighted by molar-refractivity contribution is 8.18. The van der Waals surface area contributed by atoms with Crippen molar-refractivity contribution in [2.24, 2.45) is 0 Å². The predicted molar refractivity (Wildman–Crippen MR) is 50.9 cm³/mol. The summed E-state index contributed by atoms with van der Waals surface area (Å²) < 4.78 is -0.0586. The molecule has 0 radical (unpaired) electrons. The van der Waals surface area contributed by atoms with Gasteiger partial charge in [0.2, 0.25) is 5.24 Å². The van der Waals surface area contributed by atoms with Crippen molar-refractivity contribution in [3.05, 3.63) is 0 Å². The molecule has 0 heterocycles. The lowest BCUT2D eigenvalue weighted by atomic mass is 10.9. The SMILES string of the molecule is CCSC(SCC)C(=O)Cl. The van der Waals surface area contributed by atoms with E-state index in [-0.39, 0.29) is 9.82 Å². The first-order valence-electron chi connectivity index (χ1n) is 3.14. The molecular weight excluding hydrogens is 188 g/mol. The quantitative estimate of drug-likeness (QED) is 0.500. The molecule has 0 atom stereocenters. The average molecular weight is 199 g/mol. The molecule has 0 aliphatic carbocycles. The van der Waals surface area contributed by atoms with Crippen LogP contribution in [0.25, 0.3) is 0 Å². The van der Waals surface area contributed by atoms with Gasteiger partial charge in [-0.25, -0.2) is 0 Å². The van der Waals surface area contributed by atoms with Crippen LogP contribution in [-0.4, -0.2) is 21.3 Å². The highest BCUT2D eigenvalue weighted by atomic mass is 35.5. The Hall–Kier alpha value is 0.660. The molecule has 0 aliphatic heterocycles. The topological polar surface area (TPSA) is 17.1 Å². The molecule has 0 rings (SSSR count). The first-order chi connectivity index (χ1) is 4.72. The van der Waals surface area contributed by atoms with E-state index in [9.17, 15) is 4.79 Å². The van der Waals surface area contributed by atoms with Crippen LogP contribution in [0.5, 0.6) is 0 Å². The van der Waals surface area contributed by atoms with Crippen LogP contribution in [0.4, 0.5) is 0 Å². The van der Waals surface area contributed by atoms with Crippen LogP contribution < -0.4 is 0 Å². The predicted octanol–water partition coefficient (Wildman–Crippen LogP) is 2.58. The molecule has 0 unspecified atom stereocenters. The summed E-state index contributed by atoms with van der Waals surface area (Å²) in [7, 11) is 0. The second-order valence-electron chi connectivity index (χ2n) is 1.55. The van der Waals surface area contributed by atoms with Gasteiger partial charge in [0.15, 0.2) is 0 Å². The Bertz CT molecular complexity index is 102. The first-order valence-corrected chi connectivity index (χ1v) is 5.62. The zero-order chi connectivity index (χ0) is 7.98. The third kappa shape index (κ3) is 4.47. The summed E-state index contributed by atoms with van der Waals surface area (Å²) in [5, 5.41) is -0.237. The van der Waals surface area contributed by atoms with Crippen LogP contribution in [0.1, 0.15) is 13.8 Å². The van der Waals surface area contributed by atoms with Crippen LogP contribution in [0.2, 0.25) is 0 Å². The van der Waals surface area contributed by atoms with E-state index in [1.54, 1.807) is 23.5 Å². The lowest BCUT2D eigenvalue weighted by molar-refractivity contribution is -0.110. The van der Waals surface area contributed by atoms with Crippen LogP contribution in [-0.2, 0) is 4.79 Å². The highest BCUT2D eigenvalue weighted by Gasteiger charge is 2.14. The smallest absolute Gasteiger partial charge is 0.244 e. The number of halogens is 1. The maximum atomic E-state index is 10.6. The molecule has 0 aromatic rings. The van der Waals surface area contributed by atoms with Crippen molar-refractivity contribution < 1.29 is 4.79 Å². The number of hydrogen-bond donors (Lipinski definition) is 0. The van der Waals surface area contributed by atoms with Crippen molar-refractivity contribution in [1.29, 1.82) is 0 Å². The Morgan fingerprint density at radius 1 is 1.40 bits per heavy atom. The lowest BCUT2D eigenvalue weighted by Crippen LogP contribution is -2.06. The van der Waals surface area contributed by atoms with E-state index in [0.29, 0.717) is 0 Å². The fraction of sp³-hybridized carbons (Fsp3) is 0.833. The molecule has 0 aromatic carbocycles. The molecule has 0 N–H and O–H groups in total. The molecule has 0 fully saturated rings. The maximum absolute atomic E-state index is 10.6. The monoisotopic (exact) mass is 198 g/mol. The minimum atomic E-state index is -0.237. The van der Waals surface area contributed by atoms with Gasteiger partial charge in [0.1, 0.15) is 4.58 Å². The summed E-state index contributed by atoms with van der Waals surface area (Å²) in [5.41, 5.74) is 0. The van der Waals surface area contributed by atoms with Gasteiger partial charge in [-0.05, 0) is 23.1 Å². The second kappa shape index (κ2) is 6.38. The molecule has 0 amide bonds. The largest absolute Gasteiger partial charge is 0.279 e. The van der Waals surface area contributed by atoms with E-state index in [0.717, 1.165) is 11.5 Å². The minimum Gasteiger partial charge on any atom is -0.279 e. The van der Waals surface area contributed by atoms with Crippen molar-refractivity contribution in [2.45, 2.75) is 18.4 Å². The molecule has 4 heteroatoms. The van der Waals surface area contributed by atoms with Gasteiger partial charge < -0.3 is 0 Å². The zero-order valence-electron chi connectivity index (χ0n) is 6.09. The first kappa shape index (κ1) is 10.7. The molecule has 0 saturated heterocycles. The molecule has 60 valence electrons. The highest BCUT2D eigenvalue weighted by Crippen LogP contribution is 2.25. The number of carbonyl (C=O) groups is 1. The molecule has 0 aliphatic rings. The summed E-state index contributed by atoms with van der Waals surface area (Å²) in [4.78, 5) is 10.6. The zero-order valence-corrected chi connectivity index (χ0v) is 8.48. The number of carbonyl (C=O) groups excluding carboxylic acids is 1. The fourth-order valence-electron chi connectivity index (χ4n) is 0.482. The molecule has 1 nitrogen and oxygen atoms in total. The molecule has 10 heavy (non-hydrogen) atoms. The number of thioether (sulfide) groups is 2. The van der Waals surface area contributed by atoms with E-state index < -0.39 is 0 Å². The summed E-state index contributed by atoms with van der Waals surface area (Å²) >= 11 is 8.50. The van der Waals surface area contributed by atoms with E-state index in [1.165, 1.54) is 0 Å². The van der Waals surface area contributed by atoms with Gasteiger partial charge in [0.05, 0.1) is 0 Å². The van der Waals surface area contributed by atoms with Gasteiger partial charge >= 0.3 is 0 Å². The Kier molecular flexibility index (Phi) is 6.80. The summed E-state index contributed by atoms with van der Waals surface area (Å²) in [6, 6.07) is 0. The normalized spacial score (nSPS) is 10.4. The van der Waals surface area contributed by atoms with E-state index >= 15 is 0 Å². The molecule has 0 bridgehead atoms. The van der Waals surface area contributed by atoms with Gasteiger partial charge in [0.25, 0.3) is 0 Å². The Labute approximate surface area is 75.3 Å². The summed E-state index contributed by atoms with van der Waals surface area (Å²) in [6.07, 6.45) is 0. The van der Waals surface area contributed by atoms with Gasteiger partial charge in [0, 0.05) is 0 Å². The van der Waals surface area contributed by atoms with Crippen molar-refractivity contribution >= 4 is 40.4 Å². The van der Waals surface area contributed by atoms with Crippen LogP contribution in [0.15, 0.2) is 0 Å². The van der Waals surface area contributed by atoms with Gasteiger partial charge in [-0.1, -0.05) is 13.8 Å². The van der Waals surface area contributed by atoms with Crippen molar-refractivity contribution in [1.82, 2.24) is 0 Å². The van der Waals surface area contributed by atoms with E-state index in [4.69, 9.17) is 11.6 Å². The van der Waals surface area contributed by atoms with Crippen molar-refractivity contribution in [3.8, 4) is 0 Å². The van der Waals surface area contributed by atoms with Gasteiger partial charge in [-0.2, -0.15) is 0 Å². The summed E-state index contributed by atoms with van der Waals surface area (Å²) in [5.74, 6) is 1.88. The minimum absolute atomic E-state index is 0.0586. The molecule has 0 spiro atoms. The molecule has 0 aromatic heterocycles. The number of rotatable bonds is 5. The fourth-order valence-corrected chi connectivity index (χ4v) is 2.93.